The molecule has 2 aliphatic rings. The molecule has 2 aromatic rings. The molecule has 2 aliphatic heterocycles. The fourth-order valence-corrected chi connectivity index (χ4v) is 6.16. The summed E-state index contributed by atoms with van der Waals surface area (Å²) in [6, 6.07) is 10.5. The van der Waals surface area contributed by atoms with Gasteiger partial charge in [-0.2, -0.15) is 13.2 Å². The average molecular weight is 579 g/mol. The van der Waals surface area contributed by atoms with Crippen molar-refractivity contribution in [2.45, 2.75) is 57.5 Å². The van der Waals surface area contributed by atoms with Gasteiger partial charge in [-0.15, -0.1) is 0 Å². The highest BCUT2D eigenvalue weighted by molar-refractivity contribution is 6.31. The summed E-state index contributed by atoms with van der Waals surface area (Å²) in [4.78, 5) is 41.6. The molecule has 0 saturated carbocycles. The SMILES string of the molecule is CC(C)CC1C(=O)N(CC(=O)N2CCC(CC(=O)O)CC2)CC(c2ccccc2Cl)c2cc(C(F)(F)F)ccc21. The summed E-state index contributed by atoms with van der Waals surface area (Å²) >= 11 is 6.55. The smallest absolute Gasteiger partial charge is 0.416 e. The van der Waals surface area contributed by atoms with Crippen molar-refractivity contribution >= 4 is 29.4 Å². The Kier molecular flexibility index (Phi) is 9.12. The topological polar surface area (TPSA) is 77.9 Å². The molecule has 4 rings (SSSR count). The van der Waals surface area contributed by atoms with Crippen molar-refractivity contribution in [1.29, 1.82) is 0 Å². The van der Waals surface area contributed by atoms with E-state index >= 15 is 0 Å². The zero-order chi connectivity index (χ0) is 29.2. The van der Waals surface area contributed by atoms with Gasteiger partial charge >= 0.3 is 12.1 Å². The van der Waals surface area contributed by atoms with Crippen LogP contribution in [0.5, 0.6) is 0 Å². The maximum Gasteiger partial charge on any atom is 0.416 e. The van der Waals surface area contributed by atoms with Gasteiger partial charge in [0.2, 0.25) is 11.8 Å². The zero-order valence-corrected chi connectivity index (χ0v) is 23.3. The van der Waals surface area contributed by atoms with E-state index in [0.717, 1.165) is 12.1 Å². The summed E-state index contributed by atoms with van der Waals surface area (Å²) < 4.78 is 41.5. The van der Waals surface area contributed by atoms with E-state index in [4.69, 9.17) is 16.7 Å². The number of benzene rings is 2. The summed E-state index contributed by atoms with van der Waals surface area (Å²) in [5.41, 5.74) is 0.717. The normalized spacial score (nSPS) is 20.4. The molecular weight excluding hydrogens is 545 g/mol. The van der Waals surface area contributed by atoms with Gasteiger partial charge in [-0.25, -0.2) is 0 Å². The van der Waals surface area contributed by atoms with Crippen molar-refractivity contribution in [3.05, 3.63) is 69.7 Å². The summed E-state index contributed by atoms with van der Waals surface area (Å²) in [5, 5.41) is 9.45. The van der Waals surface area contributed by atoms with Crippen LogP contribution in [0.1, 0.15) is 73.6 Å². The van der Waals surface area contributed by atoms with E-state index in [9.17, 15) is 27.6 Å². The van der Waals surface area contributed by atoms with Gasteiger partial charge in [-0.1, -0.05) is 49.7 Å². The highest BCUT2D eigenvalue weighted by atomic mass is 35.5. The molecule has 2 unspecified atom stereocenters. The fraction of sp³-hybridized carbons (Fsp3) is 0.500. The minimum atomic E-state index is -4.56. The Bertz CT molecular complexity index is 1260. The number of rotatable bonds is 7. The first kappa shape index (κ1) is 29.9. The third-order valence-corrected chi connectivity index (χ3v) is 8.27. The number of aliphatic carboxylic acids is 1. The molecule has 1 fully saturated rings. The van der Waals surface area contributed by atoms with Gasteiger partial charge in [-0.3, -0.25) is 14.4 Å². The highest BCUT2D eigenvalue weighted by Gasteiger charge is 2.40. The van der Waals surface area contributed by atoms with E-state index in [1.54, 1.807) is 29.2 Å². The molecule has 6 nitrogen and oxygen atoms in total. The molecular formula is C30H34ClF3N2O4. The zero-order valence-electron chi connectivity index (χ0n) is 22.6. The molecule has 40 heavy (non-hydrogen) atoms. The second kappa shape index (κ2) is 12.2. The molecule has 0 aromatic heterocycles. The van der Waals surface area contributed by atoms with Crippen LogP contribution >= 0.6 is 11.6 Å². The van der Waals surface area contributed by atoms with Crippen molar-refractivity contribution < 1.29 is 32.7 Å². The minimum absolute atomic E-state index is 0.00118. The number of fused-ring (bicyclic) bond motifs is 1. The number of nitrogens with zero attached hydrogens (tertiary/aromatic N) is 2. The predicted octanol–water partition coefficient (Wildman–Crippen LogP) is 6.18. The van der Waals surface area contributed by atoms with Gasteiger partial charge in [0.25, 0.3) is 0 Å². The molecule has 0 radical (unpaired) electrons. The van der Waals surface area contributed by atoms with Crippen molar-refractivity contribution in [2.24, 2.45) is 11.8 Å². The van der Waals surface area contributed by atoms with Gasteiger partial charge in [0, 0.05) is 37.0 Å². The van der Waals surface area contributed by atoms with Crippen LogP contribution in [0.25, 0.3) is 0 Å². The highest BCUT2D eigenvalue weighted by Crippen LogP contribution is 2.43. The Balaban J connectivity index is 1.71. The Morgan fingerprint density at radius 2 is 1.73 bits per heavy atom. The number of hydrogen-bond donors (Lipinski definition) is 1. The first-order valence-electron chi connectivity index (χ1n) is 13.6. The molecule has 1 N–H and O–H groups in total. The molecule has 10 heteroatoms. The quantitative estimate of drug-likeness (QED) is 0.426. The molecule has 1 saturated heterocycles. The van der Waals surface area contributed by atoms with Gasteiger partial charge < -0.3 is 14.9 Å². The van der Waals surface area contributed by atoms with E-state index < -0.39 is 29.5 Å². The Hall–Kier alpha value is -3.07. The van der Waals surface area contributed by atoms with E-state index in [1.165, 1.54) is 11.0 Å². The van der Waals surface area contributed by atoms with Crippen LogP contribution in [0.3, 0.4) is 0 Å². The molecule has 2 heterocycles. The number of amides is 2. The van der Waals surface area contributed by atoms with Gasteiger partial charge in [0.1, 0.15) is 0 Å². The van der Waals surface area contributed by atoms with Crippen molar-refractivity contribution in [3.63, 3.8) is 0 Å². The van der Waals surface area contributed by atoms with Crippen molar-refractivity contribution in [3.8, 4) is 0 Å². The van der Waals surface area contributed by atoms with Crippen LogP contribution in [0, 0.1) is 11.8 Å². The van der Waals surface area contributed by atoms with E-state index in [-0.39, 0.29) is 43.2 Å². The summed E-state index contributed by atoms with van der Waals surface area (Å²) in [6.45, 7) is 4.49. The number of alkyl halides is 3. The number of piperidine rings is 1. The van der Waals surface area contributed by atoms with Crippen molar-refractivity contribution in [2.75, 3.05) is 26.2 Å². The lowest BCUT2D eigenvalue weighted by Gasteiger charge is -2.34. The standard InChI is InChI=1S/C30H34ClF3N2O4/c1-18(2)13-24-21-8-7-20(30(32,33)34)15-23(21)25(22-5-3-4-6-26(22)31)16-36(29(24)40)17-27(37)35-11-9-19(10-12-35)14-28(38)39/h3-8,15,18-19,24-25H,9-14,16-17H2,1-2H3,(H,38,39). The molecule has 2 amide bonds. The lowest BCUT2D eigenvalue weighted by atomic mass is 9.81. The first-order valence-corrected chi connectivity index (χ1v) is 14.0. The molecule has 0 bridgehead atoms. The Labute approximate surface area is 237 Å². The maximum absolute atomic E-state index is 14.0. The Morgan fingerprint density at radius 3 is 2.33 bits per heavy atom. The number of carbonyl (C=O) groups is 3. The Morgan fingerprint density at radius 1 is 1.05 bits per heavy atom. The van der Waals surface area contributed by atoms with Gasteiger partial charge in [-0.05, 0) is 66.0 Å². The monoisotopic (exact) mass is 578 g/mol. The van der Waals surface area contributed by atoms with Crippen LogP contribution in [-0.4, -0.2) is 58.9 Å². The van der Waals surface area contributed by atoms with Crippen LogP contribution < -0.4 is 0 Å². The average Bonchev–Trinajstić information content (AvgIpc) is 2.98. The summed E-state index contributed by atoms with van der Waals surface area (Å²) in [6.07, 6.45) is -2.96. The third-order valence-electron chi connectivity index (χ3n) is 7.92. The van der Waals surface area contributed by atoms with Gasteiger partial charge in [0.15, 0.2) is 0 Å². The lowest BCUT2D eigenvalue weighted by Crippen LogP contribution is -2.47. The number of likely N-dealkylation sites (tertiary alicyclic amines) is 1. The second-order valence-electron chi connectivity index (χ2n) is 11.2. The third kappa shape index (κ3) is 6.79. The van der Waals surface area contributed by atoms with Crippen molar-refractivity contribution in [1.82, 2.24) is 9.80 Å². The molecule has 2 atom stereocenters. The second-order valence-corrected chi connectivity index (χ2v) is 11.6. The summed E-state index contributed by atoms with van der Waals surface area (Å²) in [5.74, 6) is -2.72. The molecule has 216 valence electrons. The number of halogens is 4. The molecule has 0 spiro atoms. The maximum atomic E-state index is 14.0. The molecule has 2 aromatic carbocycles. The number of carboxylic acids is 1. The largest absolute Gasteiger partial charge is 0.481 e. The number of carboxylic acid groups (broad SMARTS) is 1. The fourth-order valence-electron chi connectivity index (χ4n) is 5.89. The number of hydrogen-bond acceptors (Lipinski definition) is 3. The van der Waals surface area contributed by atoms with Crippen LogP contribution in [-0.2, 0) is 20.6 Å². The van der Waals surface area contributed by atoms with E-state index in [2.05, 4.69) is 0 Å². The van der Waals surface area contributed by atoms with Gasteiger partial charge in [0.05, 0.1) is 18.0 Å². The van der Waals surface area contributed by atoms with E-state index in [1.807, 2.05) is 13.8 Å². The van der Waals surface area contributed by atoms with Crippen LogP contribution in [0.4, 0.5) is 13.2 Å². The lowest BCUT2D eigenvalue weighted by molar-refractivity contribution is -0.143. The van der Waals surface area contributed by atoms with Crippen LogP contribution in [0.2, 0.25) is 5.02 Å². The minimum Gasteiger partial charge on any atom is -0.481 e. The molecule has 0 aliphatic carbocycles. The predicted molar refractivity (Wildman–Crippen MR) is 145 cm³/mol. The number of carbonyl (C=O) groups excluding carboxylic acids is 2. The van der Waals surface area contributed by atoms with Crippen LogP contribution in [0.15, 0.2) is 42.5 Å². The first-order chi connectivity index (χ1) is 18.8. The van der Waals surface area contributed by atoms with E-state index in [0.29, 0.717) is 54.1 Å². The summed E-state index contributed by atoms with van der Waals surface area (Å²) in [7, 11) is 0.